The van der Waals surface area contributed by atoms with Crippen molar-refractivity contribution in [3.63, 3.8) is 0 Å². The van der Waals surface area contributed by atoms with E-state index in [-0.39, 0.29) is 17.8 Å². The quantitative estimate of drug-likeness (QED) is 0.904. The largest absolute Gasteiger partial charge is 0.346 e. The lowest BCUT2D eigenvalue weighted by Crippen LogP contribution is -2.26. The maximum absolute atomic E-state index is 12.8. The number of carbonyl (C=O) groups excluding carboxylic acids is 1. The molecule has 0 aromatic heterocycles. The average molecular weight is 278 g/mol. The summed E-state index contributed by atoms with van der Waals surface area (Å²) in [5.41, 5.74) is 1.39. The Morgan fingerprint density at radius 1 is 1.11 bits per heavy atom. The molecule has 2 aromatic rings. The molecule has 0 heterocycles. The van der Waals surface area contributed by atoms with Crippen LogP contribution in [0.4, 0.5) is 4.39 Å². The summed E-state index contributed by atoms with van der Waals surface area (Å²) >= 11 is 5.81. The second-order valence-corrected chi connectivity index (χ2v) is 4.69. The smallest absolute Gasteiger partial charge is 0.251 e. The van der Waals surface area contributed by atoms with E-state index in [1.165, 1.54) is 24.3 Å². The van der Waals surface area contributed by atoms with Crippen LogP contribution in [0.1, 0.15) is 28.9 Å². The summed E-state index contributed by atoms with van der Waals surface area (Å²) < 4.78 is 12.8. The highest BCUT2D eigenvalue weighted by Gasteiger charge is 2.11. The number of halogens is 2. The van der Waals surface area contributed by atoms with Crippen molar-refractivity contribution < 1.29 is 9.18 Å². The van der Waals surface area contributed by atoms with Gasteiger partial charge in [0, 0.05) is 10.6 Å². The van der Waals surface area contributed by atoms with E-state index in [1.807, 2.05) is 19.1 Å². The van der Waals surface area contributed by atoms with Gasteiger partial charge in [0.25, 0.3) is 5.91 Å². The van der Waals surface area contributed by atoms with Gasteiger partial charge in [-0.2, -0.15) is 0 Å². The predicted molar refractivity (Wildman–Crippen MR) is 73.7 cm³/mol. The lowest BCUT2D eigenvalue weighted by molar-refractivity contribution is 0.0940. The summed E-state index contributed by atoms with van der Waals surface area (Å²) in [5.74, 6) is -0.593. The highest BCUT2D eigenvalue weighted by molar-refractivity contribution is 6.30. The van der Waals surface area contributed by atoms with E-state index in [2.05, 4.69) is 5.32 Å². The van der Waals surface area contributed by atoms with Gasteiger partial charge >= 0.3 is 0 Å². The SMILES string of the molecule is C[C@@H](NC(=O)c1ccc(F)cc1)c1ccc(Cl)cc1. The summed E-state index contributed by atoms with van der Waals surface area (Å²) in [5, 5.41) is 3.50. The summed E-state index contributed by atoms with van der Waals surface area (Å²) in [6.45, 7) is 1.88. The Kier molecular flexibility index (Phi) is 4.17. The molecule has 0 aliphatic heterocycles. The van der Waals surface area contributed by atoms with E-state index in [0.29, 0.717) is 10.6 Å². The Hall–Kier alpha value is -1.87. The molecule has 0 aliphatic carbocycles. The molecule has 0 fully saturated rings. The van der Waals surface area contributed by atoms with Crippen molar-refractivity contribution in [1.29, 1.82) is 0 Å². The second-order valence-electron chi connectivity index (χ2n) is 4.25. The number of amides is 1. The standard InChI is InChI=1S/C15H13ClFNO/c1-10(11-2-6-13(16)7-3-11)18-15(19)12-4-8-14(17)9-5-12/h2-10H,1H3,(H,18,19)/t10-/m1/s1. The van der Waals surface area contributed by atoms with Crippen LogP contribution >= 0.6 is 11.6 Å². The van der Waals surface area contributed by atoms with Crippen LogP contribution in [0.15, 0.2) is 48.5 Å². The Bertz CT molecular complexity index is 566. The van der Waals surface area contributed by atoms with Crippen molar-refractivity contribution in [2.45, 2.75) is 13.0 Å². The van der Waals surface area contributed by atoms with E-state index >= 15 is 0 Å². The summed E-state index contributed by atoms with van der Waals surface area (Å²) in [6, 6.07) is 12.6. The molecule has 19 heavy (non-hydrogen) atoms. The molecule has 1 N–H and O–H groups in total. The molecule has 0 saturated heterocycles. The average Bonchev–Trinajstić information content (AvgIpc) is 2.40. The number of hydrogen-bond acceptors (Lipinski definition) is 1. The minimum atomic E-state index is -0.359. The zero-order chi connectivity index (χ0) is 13.8. The first-order chi connectivity index (χ1) is 9.06. The van der Waals surface area contributed by atoms with E-state index in [4.69, 9.17) is 11.6 Å². The molecule has 0 spiro atoms. The van der Waals surface area contributed by atoms with Crippen LogP contribution in [0, 0.1) is 5.82 Å². The van der Waals surface area contributed by atoms with Gasteiger partial charge in [0.05, 0.1) is 6.04 Å². The molecule has 0 bridgehead atoms. The lowest BCUT2D eigenvalue weighted by Gasteiger charge is -2.14. The summed E-state index contributed by atoms with van der Waals surface area (Å²) in [6.07, 6.45) is 0. The molecule has 1 amide bonds. The van der Waals surface area contributed by atoms with Gasteiger partial charge in [0.1, 0.15) is 5.82 Å². The molecule has 1 atom stereocenters. The zero-order valence-electron chi connectivity index (χ0n) is 10.4. The fourth-order valence-electron chi connectivity index (χ4n) is 1.72. The van der Waals surface area contributed by atoms with Crippen LogP contribution in [0.3, 0.4) is 0 Å². The number of carbonyl (C=O) groups is 1. The summed E-state index contributed by atoms with van der Waals surface area (Å²) in [4.78, 5) is 11.9. The summed E-state index contributed by atoms with van der Waals surface area (Å²) in [7, 11) is 0. The van der Waals surface area contributed by atoms with Gasteiger partial charge in [-0.05, 0) is 48.9 Å². The molecule has 0 saturated carbocycles. The van der Waals surface area contributed by atoms with Gasteiger partial charge < -0.3 is 5.32 Å². The monoisotopic (exact) mass is 277 g/mol. The van der Waals surface area contributed by atoms with Crippen molar-refractivity contribution in [3.8, 4) is 0 Å². The zero-order valence-corrected chi connectivity index (χ0v) is 11.1. The van der Waals surface area contributed by atoms with Crippen LogP contribution in [-0.2, 0) is 0 Å². The molecular formula is C15H13ClFNO. The molecule has 2 rings (SSSR count). The van der Waals surface area contributed by atoms with Crippen LogP contribution in [0.25, 0.3) is 0 Å². The highest BCUT2D eigenvalue weighted by atomic mass is 35.5. The fraction of sp³-hybridized carbons (Fsp3) is 0.133. The number of rotatable bonds is 3. The number of nitrogens with one attached hydrogen (secondary N) is 1. The van der Waals surface area contributed by atoms with Gasteiger partial charge in [0.2, 0.25) is 0 Å². The fourth-order valence-corrected chi connectivity index (χ4v) is 1.84. The maximum atomic E-state index is 12.8. The molecule has 0 radical (unpaired) electrons. The van der Waals surface area contributed by atoms with Gasteiger partial charge in [-0.25, -0.2) is 4.39 Å². The van der Waals surface area contributed by atoms with Crippen molar-refractivity contribution in [2.75, 3.05) is 0 Å². The van der Waals surface area contributed by atoms with Crippen LogP contribution in [0.5, 0.6) is 0 Å². The minimum absolute atomic E-state index is 0.144. The lowest BCUT2D eigenvalue weighted by atomic mass is 10.1. The Morgan fingerprint density at radius 3 is 2.26 bits per heavy atom. The van der Waals surface area contributed by atoms with Crippen LogP contribution in [-0.4, -0.2) is 5.91 Å². The van der Waals surface area contributed by atoms with Crippen molar-refractivity contribution >= 4 is 17.5 Å². The van der Waals surface area contributed by atoms with Gasteiger partial charge in [-0.3, -0.25) is 4.79 Å². The molecule has 0 unspecified atom stereocenters. The topological polar surface area (TPSA) is 29.1 Å². The Balaban J connectivity index is 2.06. The third-order valence-corrected chi connectivity index (χ3v) is 3.08. The molecule has 98 valence electrons. The highest BCUT2D eigenvalue weighted by Crippen LogP contribution is 2.16. The second kappa shape index (κ2) is 5.85. The molecular weight excluding hydrogens is 265 g/mol. The molecule has 0 aliphatic rings. The third kappa shape index (κ3) is 3.55. The van der Waals surface area contributed by atoms with Gasteiger partial charge in [-0.15, -0.1) is 0 Å². The van der Waals surface area contributed by atoms with Crippen LogP contribution in [0.2, 0.25) is 5.02 Å². The van der Waals surface area contributed by atoms with Crippen molar-refractivity contribution in [2.24, 2.45) is 0 Å². The molecule has 4 heteroatoms. The number of hydrogen-bond donors (Lipinski definition) is 1. The van der Waals surface area contributed by atoms with Crippen molar-refractivity contribution in [3.05, 3.63) is 70.5 Å². The minimum Gasteiger partial charge on any atom is -0.346 e. The van der Waals surface area contributed by atoms with Crippen LogP contribution < -0.4 is 5.32 Å². The third-order valence-electron chi connectivity index (χ3n) is 2.82. The van der Waals surface area contributed by atoms with Gasteiger partial charge in [-0.1, -0.05) is 23.7 Å². The maximum Gasteiger partial charge on any atom is 0.251 e. The van der Waals surface area contributed by atoms with E-state index in [1.54, 1.807) is 12.1 Å². The number of benzene rings is 2. The predicted octanol–water partition coefficient (Wildman–Crippen LogP) is 3.97. The van der Waals surface area contributed by atoms with E-state index in [0.717, 1.165) is 5.56 Å². The first kappa shape index (κ1) is 13.6. The first-order valence-electron chi connectivity index (χ1n) is 5.88. The van der Waals surface area contributed by atoms with E-state index in [9.17, 15) is 9.18 Å². The molecule has 2 nitrogen and oxygen atoms in total. The Morgan fingerprint density at radius 2 is 1.68 bits per heavy atom. The van der Waals surface area contributed by atoms with E-state index < -0.39 is 0 Å². The van der Waals surface area contributed by atoms with Gasteiger partial charge in [0.15, 0.2) is 0 Å². The molecule has 2 aromatic carbocycles. The Labute approximate surface area is 116 Å². The normalized spacial score (nSPS) is 11.9. The first-order valence-corrected chi connectivity index (χ1v) is 6.26. The van der Waals surface area contributed by atoms with Crippen molar-refractivity contribution in [1.82, 2.24) is 5.32 Å².